The molecule has 0 bridgehead atoms. The summed E-state index contributed by atoms with van der Waals surface area (Å²) in [4.78, 5) is 28.2. The highest BCUT2D eigenvalue weighted by Gasteiger charge is 2.22. The van der Waals surface area contributed by atoms with E-state index in [1.165, 1.54) is 12.8 Å². The molecule has 136 valence electrons. The van der Waals surface area contributed by atoms with Crippen molar-refractivity contribution < 1.29 is 9.59 Å². The maximum atomic E-state index is 12.3. The summed E-state index contributed by atoms with van der Waals surface area (Å²) in [6, 6.07) is 7.83. The molecular formula is C20H27BrN2O2. The van der Waals surface area contributed by atoms with E-state index in [0.29, 0.717) is 32.6 Å². The lowest BCUT2D eigenvalue weighted by Gasteiger charge is -2.34. The third kappa shape index (κ3) is 6.65. The molecule has 1 aromatic rings. The summed E-state index contributed by atoms with van der Waals surface area (Å²) in [6.45, 7) is 4.69. The first kappa shape index (κ1) is 19.7. The van der Waals surface area contributed by atoms with Crippen molar-refractivity contribution in [3.05, 3.63) is 40.4 Å². The van der Waals surface area contributed by atoms with Gasteiger partial charge in [-0.1, -0.05) is 54.2 Å². The number of amides is 2. The Balaban J connectivity index is 1.74. The van der Waals surface area contributed by atoms with Gasteiger partial charge in [0.25, 0.3) is 0 Å². The number of rotatable bonds is 7. The summed E-state index contributed by atoms with van der Waals surface area (Å²) in [5, 5.41) is 0. The third-order valence-corrected chi connectivity index (χ3v) is 5.01. The van der Waals surface area contributed by atoms with E-state index in [-0.39, 0.29) is 11.8 Å². The van der Waals surface area contributed by atoms with Crippen molar-refractivity contribution in [3.8, 4) is 0 Å². The molecule has 0 aromatic heterocycles. The molecule has 1 saturated heterocycles. The molecule has 1 aliphatic rings. The highest BCUT2D eigenvalue weighted by Crippen LogP contribution is 2.12. The van der Waals surface area contributed by atoms with Gasteiger partial charge in [-0.05, 0) is 30.2 Å². The molecule has 4 nitrogen and oxygen atoms in total. The Morgan fingerprint density at radius 2 is 1.64 bits per heavy atom. The van der Waals surface area contributed by atoms with Crippen molar-refractivity contribution >= 4 is 33.8 Å². The number of carbonyl (C=O) groups excluding carboxylic acids is 2. The van der Waals surface area contributed by atoms with Crippen LogP contribution < -0.4 is 0 Å². The molecule has 0 aliphatic carbocycles. The molecule has 1 aliphatic heterocycles. The van der Waals surface area contributed by atoms with Crippen molar-refractivity contribution in [1.29, 1.82) is 0 Å². The second kappa shape index (κ2) is 10.4. The van der Waals surface area contributed by atoms with Crippen LogP contribution >= 0.6 is 15.9 Å². The van der Waals surface area contributed by atoms with E-state index in [0.717, 1.165) is 22.9 Å². The van der Waals surface area contributed by atoms with Crippen molar-refractivity contribution in [2.75, 3.05) is 26.2 Å². The Morgan fingerprint density at radius 3 is 2.28 bits per heavy atom. The number of halogens is 1. The zero-order valence-corrected chi connectivity index (χ0v) is 16.5. The van der Waals surface area contributed by atoms with Crippen LogP contribution in [0.15, 0.2) is 34.8 Å². The molecule has 0 unspecified atom stereocenters. The number of unbranched alkanes of at least 4 members (excludes halogenated alkanes) is 3. The molecule has 25 heavy (non-hydrogen) atoms. The molecule has 0 radical (unpaired) electrons. The molecular weight excluding hydrogens is 380 g/mol. The Bertz CT molecular complexity index is 590. The van der Waals surface area contributed by atoms with Crippen molar-refractivity contribution in [1.82, 2.24) is 9.80 Å². The predicted octanol–water partition coefficient (Wildman–Crippen LogP) is 4.10. The van der Waals surface area contributed by atoms with E-state index in [9.17, 15) is 9.59 Å². The van der Waals surface area contributed by atoms with E-state index in [1.54, 1.807) is 6.08 Å². The van der Waals surface area contributed by atoms with Gasteiger partial charge in [0.15, 0.2) is 0 Å². The fourth-order valence-corrected chi connectivity index (χ4v) is 3.15. The fourth-order valence-electron chi connectivity index (χ4n) is 2.88. The van der Waals surface area contributed by atoms with Crippen LogP contribution in [0, 0.1) is 0 Å². The van der Waals surface area contributed by atoms with Crippen molar-refractivity contribution in [2.24, 2.45) is 0 Å². The molecule has 0 saturated carbocycles. The lowest BCUT2D eigenvalue weighted by Crippen LogP contribution is -2.50. The summed E-state index contributed by atoms with van der Waals surface area (Å²) in [5.74, 6) is 0.242. The Labute approximate surface area is 159 Å². The van der Waals surface area contributed by atoms with Crippen LogP contribution in [0.1, 0.15) is 44.6 Å². The highest BCUT2D eigenvalue weighted by atomic mass is 79.9. The van der Waals surface area contributed by atoms with Gasteiger partial charge in [-0.15, -0.1) is 0 Å². The van der Waals surface area contributed by atoms with E-state index >= 15 is 0 Å². The summed E-state index contributed by atoms with van der Waals surface area (Å²) in [5.41, 5.74) is 0.998. The van der Waals surface area contributed by atoms with E-state index in [1.807, 2.05) is 40.1 Å². The number of nitrogens with zero attached hydrogens (tertiary/aromatic N) is 2. The number of piperazine rings is 1. The summed E-state index contributed by atoms with van der Waals surface area (Å²) < 4.78 is 1.02. The van der Waals surface area contributed by atoms with Crippen LogP contribution in [-0.2, 0) is 9.59 Å². The van der Waals surface area contributed by atoms with Gasteiger partial charge in [-0.2, -0.15) is 0 Å². The zero-order valence-electron chi connectivity index (χ0n) is 14.9. The van der Waals surface area contributed by atoms with Crippen LogP contribution in [-0.4, -0.2) is 47.8 Å². The molecule has 1 aromatic carbocycles. The van der Waals surface area contributed by atoms with Gasteiger partial charge in [0, 0.05) is 43.1 Å². The average Bonchev–Trinajstić information content (AvgIpc) is 2.64. The fraction of sp³-hybridized carbons (Fsp3) is 0.500. The van der Waals surface area contributed by atoms with Gasteiger partial charge < -0.3 is 9.80 Å². The quantitative estimate of drug-likeness (QED) is 0.504. The standard InChI is InChI=1S/C20H27BrN2O2/c1-2-3-4-5-6-19(24)22-13-15-23(16-14-22)20(25)12-9-17-7-10-18(21)11-8-17/h7-12H,2-6,13-16H2,1H3. The summed E-state index contributed by atoms with van der Waals surface area (Å²) in [6.07, 6.45) is 8.56. The van der Waals surface area contributed by atoms with Gasteiger partial charge in [0.1, 0.15) is 0 Å². The molecule has 2 amide bonds. The molecule has 2 rings (SSSR count). The Morgan fingerprint density at radius 1 is 1.00 bits per heavy atom. The van der Waals surface area contributed by atoms with E-state index in [4.69, 9.17) is 0 Å². The lowest BCUT2D eigenvalue weighted by atomic mass is 10.1. The van der Waals surface area contributed by atoms with Crippen molar-refractivity contribution in [3.63, 3.8) is 0 Å². The maximum absolute atomic E-state index is 12.3. The summed E-state index contributed by atoms with van der Waals surface area (Å²) in [7, 11) is 0. The molecule has 5 heteroatoms. The second-order valence-electron chi connectivity index (χ2n) is 6.40. The van der Waals surface area contributed by atoms with Crippen LogP contribution in [0.4, 0.5) is 0 Å². The third-order valence-electron chi connectivity index (χ3n) is 4.48. The van der Waals surface area contributed by atoms with Gasteiger partial charge >= 0.3 is 0 Å². The summed E-state index contributed by atoms with van der Waals surface area (Å²) >= 11 is 3.40. The average molecular weight is 407 g/mol. The minimum absolute atomic E-state index is 0.0120. The molecule has 0 N–H and O–H groups in total. The largest absolute Gasteiger partial charge is 0.339 e. The van der Waals surface area contributed by atoms with Crippen molar-refractivity contribution in [2.45, 2.75) is 39.0 Å². The lowest BCUT2D eigenvalue weighted by molar-refractivity contribution is -0.137. The predicted molar refractivity (Wildman–Crippen MR) is 105 cm³/mol. The molecule has 0 atom stereocenters. The van der Waals surface area contributed by atoms with E-state index in [2.05, 4.69) is 22.9 Å². The molecule has 1 fully saturated rings. The van der Waals surface area contributed by atoms with Crippen LogP contribution in [0.2, 0.25) is 0 Å². The number of hydrogen-bond acceptors (Lipinski definition) is 2. The highest BCUT2D eigenvalue weighted by molar-refractivity contribution is 9.10. The van der Waals surface area contributed by atoms with Gasteiger partial charge in [0.05, 0.1) is 0 Å². The number of hydrogen-bond donors (Lipinski definition) is 0. The Kier molecular flexibility index (Phi) is 8.19. The van der Waals surface area contributed by atoms with Gasteiger partial charge in [-0.3, -0.25) is 9.59 Å². The smallest absolute Gasteiger partial charge is 0.246 e. The molecule has 1 heterocycles. The van der Waals surface area contributed by atoms with Crippen LogP contribution in [0.3, 0.4) is 0 Å². The Hall–Kier alpha value is -1.62. The maximum Gasteiger partial charge on any atom is 0.246 e. The topological polar surface area (TPSA) is 40.6 Å². The van der Waals surface area contributed by atoms with E-state index < -0.39 is 0 Å². The number of benzene rings is 1. The monoisotopic (exact) mass is 406 g/mol. The minimum Gasteiger partial charge on any atom is -0.339 e. The molecule has 0 spiro atoms. The first-order valence-electron chi connectivity index (χ1n) is 9.10. The first-order chi connectivity index (χ1) is 12.1. The van der Waals surface area contributed by atoms with Crippen LogP contribution in [0.5, 0.6) is 0 Å². The van der Waals surface area contributed by atoms with Gasteiger partial charge in [-0.25, -0.2) is 0 Å². The van der Waals surface area contributed by atoms with Crippen LogP contribution in [0.25, 0.3) is 6.08 Å². The first-order valence-corrected chi connectivity index (χ1v) is 9.90. The number of carbonyl (C=O) groups is 2. The SMILES string of the molecule is CCCCCCC(=O)N1CCN(C(=O)C=Cc2ccc(Br)cc2)CC1. The minimum atomic E-state index is 0.0120. The normalized spacial score (nSPS) is 15.0. The zero-order chi connectivity index (χ0) is 18.1. The van der Waals surface area contributed by atoms with Gasteiger partial charge in [0.2, 0.25) is 11.8 Å². The second-order valence-corrected chi connectivity index (χ2v) is 7.32.